The summed E-state index contributed by atoms with van der Waals surface area (Å²) in [7, 11) is 1.25. The maximum Gasteiger partial charge on any atom is 0.358 e. The predicted octanol–water partition coefficient (Wildman–Crippen LogP) is 2.27. The molecule has 0 fully saturated rings. The zero-order valence-electron chi connectivity index (χ0n) is 10.3. The monoisotopic (exact) mass is 277 g/mol. The number of ether oxygens (including phenoxy) is 1. The smallest absolute Gasteiger partial charge is 0.358 e. The van der Waals surface area contributed by atoms with Crippen LogP contribution in [0.15, 0.2) is 24.5 Å². The van der Waals surface area contributed by atoms with Gasteiger partial charge in [0.2, 0.25) is 0 Å². The van der Waals surface area contributed by atoms with Crippen molar-refractivity contribution in [3.05, 3.63) is 35.1 Å². The number of thiazole rings is 1. The average Bonchev–Trinajstić information content (AvgIpc) is 2.83. The first-order chi connectivity index (χ1) is 9.11. The lowest BCUT2D eigenvalue weighted by atomic mass is 10.3. The van der Waals surface area contributed by atoms with E-state index in [1.807, 2.05) is 0 Å². The van der Waals surface area contributed by atoms with Crippen LogP contribution in [0.1, 0.15) is 27.1 Å². The van der Waals surface area contributed by atoms with E-state index in [9.17, 15) is 9.59 Å². The molecule has 0 saturated heterocycles. The Morgan fingerprint density at radius 3 is 2.79 bits per heavy atom. The van der Waals surface area contributed by atoms with Gasteiger partial charge >= 0.3 is 5.97 Å². The summed E-state index contributed by atoms with van der Waals surface area (Å²) in [5, 5.41) is 3.43. The van der Waals surface area contributed by atoms with Crippen molar-refractivity contribution in [3.8, 4) is 0 Å². The molecule has 0 spiro atoms. The molecule has 1 N–H and O–H groups in total. The van der Waals surface area contributed by atoms with Gasteiger partial charge in [-0.15, -0.1) is 0 Å². The first kappa shape index (κ1) is 13.2. The molecule has 2 aromatic rings. The molecular weight excluding hydrogens is 266 g/mol. The molecule has 19 heavy (non-hydrogen) atoms. The van der Waals surface area contributed by atoms with E-state index in [1.54, 1.807) is 24.5 Å². The van der Waals surface area contributed by atoms with Crippen LogP contribution in [0.25, 0.3) is 0 Å². The third-order valence-electron chi connectivity index (χ3n) is 2.24. The lowest BCUT2D eigenvalue weighted by molar-refractivity contribution is 0.0591. The van der Waals surface area contributed by atoms with Crippen LogP contribution in [0, 0.1) is 0 Å². The summed E-state index contributed by atoms with van der Waals surface area (Å²) in [6.45, 7) is 1.38. The van der Waals surface area contributed by atoms with E-state index in [2.05, 4.69) is 20.0 Å². The Balaban J connectivity index is 2.33. The Labute approximate surface area is 113 Å². The Hall–Kier alpha value is -2.28. The molecule has 0 atom stereocenters. The fourth-order valence-corrected chi connectivity index (χ4v) is 2.28. The van der Waals surface area contributed by atoms with E-state index in [0.717, 1.165) is 17.0 Å². The van der Waals surface area contributed by atoms with Crippen molar-refractivity contribution in [1.29, 1.82) is 0 Å². The molecule has 2 rings (SSSR count). The van der Waals surface area contributed by atoms with Crippen molar-refractivity contribution in [2.75, 3.05) is 12.4 Å². The molecule has 7 heteroatoms. The van der Waals surface area contributed by atoms with E-state index in [1.165, 1.54) is 14.0 Å². The maximum absolute atomic E-state index is 11.5. The van der Waals surface area contributed by atoms with Crippen molar-refractivity contribution in [3.63, 3.8) is 0 Å². The average molecular weight is 277 g/mol. The highest BCUT2D eigenvalue weighted by molar-refractivity contribution is 7.17. The van der Waals surface area contributed by atoms with Crippen LogP contribution < -0.4 is 5.32 Å². The van der Waals surface area contributed by atoms with Gasteiger partial charge in [-0.2, -0.15) is 0 Å². The molecule has 2 aromatic heterocycles. The number of carbonyl (C=O) groups excluding carboxylic acids is 2. The number of hydrogen-bond donors (Lipinski definition) is 1. The number of aromatic nitrogens is 2. The first-order valence-electron chi connectivity index (χ1n) is 5.39. The zero-order chi connectivity index (χ0) is 13.8. The van der Waals surface area contributed by atoms with Gasteiger partial charge in [0.1, 0.15) is 4.88 Å². The summed E-state index contributed by atoms with van der Waals surface area (Å²) in [6.07, 6.45) is 3.26. The summed E-state index contributed by atoms with van der Waals surface area (Å²) in [5.74, 6) is -0.849. The maximum atomic E-state index is 11.5. The fraction of sp³-hybridized carbons (Fsp3) is 0.167. The van der Waals surface area contributed by atoms with Crippen molar-refractivity contribution < 1.29 is 14.3 Å². The Bertz CT molecular complexity index is 610. The quantitative estimate of drug-likeness (QED) is 0.682. The van der Waals surface area contributed by atoms with Gasteiger partial charge in [0.15, 0.2) is 16.6 Å². The summed E-state index contributed by atoms with van der Waals surface area (Å²) >= 11 is 1.11. The summed E-state index contributed by atoms with van der Waals surface area (Å²) in [5.41, 5.74) is 0.758. The molecular formula is C12H11N3O3S. The number of pyridine rings is 1. The summed E-state index contributed by atoms with van der Waals surface area (Å²) in [6, 6.07) is 3.57. The molecule has 0 aliphatic carbocycles. The third-order valence-corrected chi connectivity index (χ3v) is 3.31. The second-order valence-electron chi connectivity index (χ2n) is 3.61. The van der Waals surface area contributed by atoms with Gasteiger partial charge in [0, 0.05) is 13.1 Å². The van der Waals surface area contributed by atoms with Crippen LogP contribution in [0.2, 0.25) is 0 Å². The molecule has 0 aliphatic rings. The minimum absolute atomic E-state index is 0.0337. The molecule has 0 saturated carbocycles. The number of rotatable bonds is 4. The van der Waals surface area contributed by atoms with Crippen LogP contribution in [0.5, 0.6) is 0 Å². The van der Waals surface area contributed by atoms with Gasteiger partial charge < -0.3 is 10.1 Å². The summed E-state index contributed by atoms with van der Waals surface area (Å²) in [4.78, 5) is 31.3. The fourth-order valence-electron chi connectivity index (χ4n) is 1.41. The number of hydrogen-bond acceptors (Lipinski definition) is 7. The van der Waals surface area contributed by atoms with Crippen LogP contribution >= 0.6 is 11.3 Å². The van der Waals surface area contributed by atoms with Gasteiger partial charge in [-0.05, 0) is 12.1 Å². The van der Waals surface area contributed by atoms with Gasteiger partial charge in [-0.25, -0.2) is 9.78 Å². The largest absolute Gasteiger partial charge is 0.464 e. The molecule has 0 bridgehead atoms. The number of anilines is 2. The van der Waals surface area contributed by atoms with E-state index in [-0.39, 0.29) is 16.4 Å². The highest BCUT2D eigenvalue weighted by Crippen LogP contribution is 2.26. The number of methoxy groups -OCH3 is 1. The van der Waals surface area contributed by atoms with Crippen LogP contribution in [-0.2, 0) is 4.74 Å². The Morgan fingerprint density at radius 1 is 1.42 bits per heavy atom. The van der Waals surface area contributed by atoms with Crippen LogP contribution in [-0.4, -0.2) is 28.8 Å². The number of nitrogens with zero attached hydrogens (tertiary/aromatic N) is 2. The van der Waals surface area contributed by atoms with Gasteiger partial charge in [0.05, 0.1) is 19.0 Å². The zero-order valence-corrected chi connectivity index (χ0v) is 11.2. The molecule has 0 unspecified atom stereocenters. The first-order valence-corrected chi connectivity index (χ1v) is 6.20. The minimum atomic E-state index is -0.624. The molecule has 6 nitrogen and oxygen atoms in total. The highest BCUT2D eigenvalue weighted by atomic mass is 32.1. The number of esters is 1. The molecule has 0 aromatic carbocycles. The second-order valence-corrected chi connectivity index (χ2v) is 4.61. The standard InChI is InChI=1S/C12H11N3O3S/c1-7(16)10-9(11(17)18-2)15-12(19-10)14-8-4-3-5-13-6-8/h3-6H,1-2H3,(H,14,15). The van der Waals surface area contributed by atoms with Gasteiger partial charge in [-0.1, -0.05) is 11.3 Å². The second kappa shape index (κ2) is 5.57. The normalized spacial score (nSPS) is 10.0. The third kappa shape index (κ3) is 2.94. The number of carbonyl (C=O) groups is 2. The lowest BCUT2D eigenvalue weighted by Crippen LogP contribution is -2.07. The molecule has 0 radical (unpaired) electrons. The number of nitrogens with one attached hydrogen (secondary N) is 1. The van der Waals surface area contributed by atoms with Crippen LogP contribution in [0.3, 0.4) is 0 Å². The Morgan fingerprint density at radius 2 is 2.21 bits per heavy atom. The van der Waals surface area contributed by atoms with Gasteiger partial charge in [-0.3, -0.25) is 9.78 Å². The minimum Gasteiger partial charge on any atom is -0.464 e. The number of ketones is 1. The predicted molar refractivity (Wildman–Crippen MR) is 71.0 cm³/mol. The van der Waals surface area contributed by atoms with E-state index in [0.29, 0.717) is 5.13 Å². The molecule has 0 aliphatic heterocycles. The van der Waals surface area contributed by atoms with E-state index in [4.69, 9.17) is 0 Å². The highest BCUT2D eigenvalue weighted by Gasteiger charge is 2.21. The summed E-state index contributed by atoms with van der Waals surface area (Å²) < 4.78 is 4.60. The SMILES string of the molecule is COC(=O)c1nc(Nc2cccnc2)sc1C(C)=O. The van der Waals surface area contributed by atoms with Crippen molar-refractivity contribution in [1.82, 2.24) is 9.97 Å². The van der Waals surface area contributed by atoms with Crippen molar-refractivity contribution in [2.45, 2.75) is 6.92 Å². The van der Waals surface area contributed by atoms with Crippen molar-refractivity contribution >= 4 is 33.9 Å². The molecule has 98 valence electrons. The topological polar surface area (TPSA) is 81.2 Å². The van der Waals surface area contributed by atoms with Gasteiger partial charge in [0.25, 0.3) is 0 Å². The Kier molecular flexibility index (Phi) is 3.86. The van der Waals surface area contributed by atoms with Crippen LogP contribution in [0.4, 0.5) is 10.8 Å². The molecule has 2 heterocycles. The van der Waals surface area contributed by atoms with E-state index < -0.39 is 5.97 Å². The lowest BCUT2D eigenvalue weighted by Gasteiger charge is -1.99. The molecule has 0 amide bonds. The van der Waals surface area contributed by atoms with Crippen molar-refractivity contribution in [2.24, 2.45) is 0 Å². The number of Topliss-reactive ketones (excluding diaryl/α,β-unsaturated/α-hetero) is 1. The van der Waals surface area contributed by atoms with E-state index >= 15 is 0 Å².